The van der Waals surface area contributed by atoms with Crippen LogP contribution in [0.5, 0.6) is 0 Å². The highest BCUT2D eigenvalue weighted by atomic mass is 32.2. The van der Waals surface area contributed by atoms with Crippen molar-refractivity contribution in [1.29, 1.82) is 0 Å². The quantitative estimate of drug-likeness (QED) is 0.570. The molecule has 10 heteroatoms. The normalized spacial score (nSPS) is 18.0. The fourth-order valence-corrected chi connectivity index (χ4v) is 4.68. The lowest BCUT2D eigenvalue weighted by molar-refractivity contribution is -0.137. The van der Waals surface area contributed by atoms with E-state index < -0.39 is 28.9 Å². The predicted octanol–water partition coefficient (Wildman–Crippen LogP) is 4.82. The lowest BCUT2D eigenvalue weighted by Gasteiger charge is -2.33. The summed E-state index contributed by atoms with van der Waals surface area (Å²) in [6.07, 6.45) is -3.06. The summed E-state index contributed by atoms with van der Waals surface area (Å²) in [6.45, 7) is 4.00. The zero-order valence-corrected chi connectivity index (χ0v) is 18.3. The van der Waals surface area contributed by atoms with Gasteiger partial charge in [0.1, 0.15) is 5.25 Å². The van der Waals surface area contributed by atoms with Gasteiger partial charge in [0.2, 0.25) is 11.1 Å². The minimum absolute atomic E-state index is 0.271. The third kappa shape index (κ3) is 4.32. The molecule has 2 aromatic carbocycles. The van der Waals surface area contributed by atoms with Gasteiger partial charge >= 0.3 is 6.18 Å². The monoisotopic (exact) mass is 461 g/mol. The third-order valence-corrected chi connectivity index (χ3v) is 6.53. The molecule has 2 atom stereocenters. The van der Waals surface area contributed by atoms with Gasteiger partial charge in [-0.3, -0.25) is 4.79 Å². The summed E-state index contributed by atoms with van der Waals surface area (Å²) in [6, 6.07) is 12.3. The molecular formula is C22H22F3N5OS. The molecule has 4 rings (SSSR count). The van der Waals surface area contributed by atoms with Gasteiger partial charge in [0.15, 0.2) is 5.82 Å². The van der Waals surface area contributed by atoms with E-state index >= 15 is 0 Å². The average Bonchev–Trinajstić information content (AvgIpc) is 3.20. The molecule has 0 saturated heterocycles. The smallest absolute Gasteiger partial charge is 0.324 e. The number of fused-ring (bicyclic) bond motifs is 1. The molecule has 0 unspecified atom stereocenters. The van der Waals surface area contributed by atoms with E-state index in [1.807, 2.05) is 31.2 Å². The van der Waals surface area contributed by atoms with Crippen LogP contribution in [-0.4, -0.2) is 26.0 Å². The molecule has 6 nitrogen and oxygen atoms in total. The van der Waals surface area contributed by atoms with Crippen LogP contribution in [0.1, 0.15) is 42.4 Å². The Morgan fingerprint density at radius 1 is 1.09 bits per heavy atom. The zero-order chi connectivity index (χ0) is 22.9. The Bertz CT molecular complexity index is 1110. The lowest BCUT2D eigenvalue weighted by atomic mass is 10.0. The van der Waals surface area contributed by atoms with Gasteiger partial charge in [-0.2, -0.15) is 13.2 Å². The Labute approximate surface area is 187 Å². The number of nitrogens with zero attached hydrogens (tertiary/aromatic N) is 3. The Morgan fingerprint density at radius 2 is 1.81 bits per heavy atom. The van der Waals surface area contributed by atoms with Crippen molar-refractivity contribution in [2.45, 2.75) is 49.3 Å². The molecule has 0 saturated carbocycles. The molecule has 168 valence electrons. The van der Waals surface area contributed by atoms with Crippen molar-refractivity contribution in [2.75, 3.05) is 10.7 Å². The SMILES string of the molecule is CCc1ccc([C@@H]2Nn3c(CC)nnc3S[C@H]2C(=O)Nc2ccccc2C(F)(F)F)cc1. The Morgan fingerprint density at radius 3 is 2.47 bits per heavy atom. The lowest BCUT2D eigenvalue weighted by Crippen LogP contribution is -2.41. The number of anilines is 1. The molecule has 0 bridgehead atoms. The highest BCUT2D eigenvalue weighted by Crippen LogP contribution is 2.39. The number of aromatic nitrogens is 3. The van der Waals surface area contributed by atoms with Crippen LogP contribution in [0.4, 0.5) is 18.9 Å². The van der Waals surface area contributed by atoms with E-state index in [0.29, 0.717) is 17.4 Å². The first-order chi connectivity index (χ1) is 15.3. The summed E-state index contributed by atoms with van der Waals surface area (Å²) in [5.41, 5.74) is 4.14. The maximum Gasteiger partial charge on any atom is 0.418 e. The topological polar surface area (TPSA) is 71.8 Å². The second kappa shape index (κ2) is 8.85. The fourth-order valence-electron chi connectivity index (χ4n) is 3.58. The molecule has 0 spiro atoms. The maximum atomic E-state index is 13.4. The maximum absolute atomic E-state index is 13.4. The van der Waals surface area contributed by atoms with Crippen molar-refractivity contribution >= 4 is 23.4 Å². The van der Waals surface area contributed by atoms with Crippen molar-refractivity contribution in [3.63, 3.8) is 0 Å². The highest BCUT2D eigenvalue weighted by molar-refractivity contribution is 8.00. The van der Waals surface area contributed by atoms with E-state index in [2.05, 4.69) is 27.9 Å². The predicted molar refractivity (Wildman–Crippen MR) is 117 cm³/mol. The average molecular weight is 462 g/mol. The number of carbonyl (C=O) groups excluding carboxylic acids is 1. The first-order valence-electron chi connectivity index (χ1n) is 10.2. The Hall–Kier alpha value is -3.01. The molecule has 3 aromatic rings. The largest absolute Gasteiger partial charge is 0.418 e. The third-order valence-electron chi connectivity index (χ3n) is 5.32. The van der Waals surface area contributed by atoms with Crippen molar-refractivity contribution in [2.24, 2.45) is 0 Å². The second-order valence-electron chi connectivity index (χ2n) is 7.36. The van der Waals surface area contributed by atoms with Gasteiger partial charge < -0.3 is 10.7 Å². The van der Waals surface area contributed by atoms with Crippen molar-refractivity contribution in [3.05, 3.63) is 71.0 Å². The number of aryl methyl sites for hydroxylation is 2. The molecule has 2 N–H and O–H groups in total. The number of alkyl halides is 3. The number of nitrogens with one attached hydrogen (secondary N) is 2. The number of para-hydroxylation sites is 1. The molecule has 1 aliphatic heterocycles. The van der Waals surface area contributed by atoms with E-state index in [4.69, 9.17) is 0 Å². The van der Waals surface area contributed by atoms with Crippen LogP contribution >= 0.6 is 11.8 Å². The van der Waals surface area contributed by atoms with Crippen LogP contribution in [0.3, 0.4) is 0 Å². The van der Waals surface area contributed by atoms with Gasteiger partial charge in [0.25, 0.3) is 0 Å². The number of amides is 1. The molecule has 1 amide bonds. The van der Waals surface area contributed by atoms with Crippen molar-refractivity contribution < 1.29 is 18.0 Å². The Balaban J connectivity index is 1.68. The van der Waals surface area contributed by atoms with Crippen LogP contribution in [0.25, 0.3) is 0 Å². The second-order valence-corrected chi connectivity index (χ2v) is 8.47. The zero-order valence-electron chi connectivity index (χ0n) is 17.5. The van der Waals surface area contributed by atoms with Gasteiger partial charge in [-0.25, -0.2) is 4.68 Å². The van der Waals surface area contributed by atoms with Crippen molar-refractivity contribution in [1.82, 2.24) is 14.9 Å². The Kier molecular flexibility index (Phi) is 6.14. The van der Waals surface area contributed by atoms with Gasteiger partial charge in [-0.15, -0.1) is 10.2 Å². The minimum atomic E-state index is -4.58. The summed E-state index contributed by atoms with van der Waals surface area (Å²) in [4.78, 5) is 13.2. The number of thioether (sulfide) groups is 1. The summed E-state index contributed by atoms with van der Waals surface area (Å²) in [5, 5.41) is 10.5. The standard InChI is InChI=1S/C22H22F3N5OS/c1-3-13-9-11-14(12-10-13)18-19(32-21-28-27-17(4-2)30(21)29-18)20(31)26-16-8-6-5-7-15(16)22(23,24)25/h5-12,18-19,29H,3-4H2,1-2H3,(H,26,31)/t18-,19+/m0/s1. The summed E-state index contributed by atoms with van der Waals surface area (Å²) in [7, 11) is 0. The molecule has 0 aliphatic carbocycles. The van der Waals surface area contributed by atoms with Crippen LogP contribution in [0, 0.1) is 0 Å². The van der Waals surface area contributed by atoms with Gasteiger partial charge in [-0.05, 0) is 29.7 Å². The fraction of sp³-hybridized carbons (Fsp3) is 0.318. The van der Waals surface area contributed by atoms with Crippen LogP contribution in [0.2, 0.25) is 0 Å². The molecule has 0 radical (unpaired) electrons. The minimum Gasteiger partial charge on any atom is -0.324 e. The van der Waals surface area contributed by atoms with E-state index in [0.717, 1.165) is 23.6 Å². The van der Waals surface area contributed by atoms with E-state index in [1.165, 1.54) is 30.0 Å². The number of carbonyl (C=O) groups is 1. The highest BCUT2D eigenvalue weighted by Gasteiger charge is 2.39. The number of hydrogen-bond acceptors (Lipinski definition) is 5. The first-order valence-corrected chi connectivity index (χ1v) is 11.1. The summed E-state index contributed by atoms with van der Waals surface area (Å²) < 4.78 is 42.0. The molecular weight excluding hydrogens is 439 g/mol. The molecule has 0 fully saturated rings. The van der Waals surface area contributed by atoms with Crippen LogP contribution < -0.4 is 10.7 Å². The van der Waals surface area contributed by atoms with E-state index in [1.54, 1.807) is 4.68 Å². The van der Waals surface area contributed by atoms with Crippen molar-refractivity contribution in [3.8, 4) is 0 Å². The van der Waals surface area contributed by atoms with Gasteiger partial charge in [0, 0.05) is 6.42 Å². The van der Waals surface area contributed by atoms with E-state index in [-0.39, 0.29) is 5.69 Å². The molecule has 1 aromatic heterocycles. The molecule has 32 heavy (non-hydrogen) atoms. The summed E-state index contributed by atoms with van der Waals surface area (Å²) >= 11 is 1.18. The molecule has 1 aliphatic rings. The number of halogens is 3. The number of benzene rings is 2. The molecule has 2 heterocycles. The van der Waals surface area contributed by atoms with Crippen LogP contribution in [-0.2, 0) is 23.8 Å². The van der Waals surface area contributed by atoms with Gasteiger partial charge in [0.05, 0.1) is 17.3 Å². The first kappa shape index (κ1) is 22.2. The van der Waals surface area contributed by atoms with Gasteiger partial charge in [-0.1, -0.05) is 62.0 Å². The summed E-state index contributed by atoms with van der Waals surface area (Å²) in [5.74, 6) is 0.167. The number of hydrogen-bond donors (Lipinski definition) is 2. The van der Waals surface area contributed by atoms with E-state index in [9.17, 15) is 18.0 Å². The number of rotatable bonds is 5. The van der Waals surface area contributed by atoms with Crippen LogP contribution in [0.15, 0.2) is 53.7 Å².